The van der Waals surface area contributed by atoms with Gasteiger partial charge in [-0.3, -0.25) is 0 Å². The summed E-state index contributed by atoms with van der Waals surface area (Å²) in [5, 5.41) is 17.2. The van der Waals surface area contributed by atoms with E-state index in [4.69, 9.17) is 0 Å². The van der Waals surface area contributed by atoms with Gasteiger partial charge in [0.2, 0.25) is 0 Å². The van der Waals surface area contributed by atoms with Crippen molar-refractivity contribution in [2.75, 3.05) is 11.9 Å². The highest BCUT2D eigenvalue weighted by Crippen LogP contribution is 2.18. The van der Waals surface area contributed by atoms with E-state index in [0.29, 0.717) is 13.0 Å². The number of hydrogen-bond acceptors (Lipinski definition) is 2. The summed E-state index contributed by atoms with van der Waals surface area (Å²) in [6, 6.07) is 13.6. The highest BCUT2D eigenvalue weighted by molar-refractivity contribution is 5.93. The number of fused-ring (bicyclic) bond motifs is 1. The fraction of sp³-hybridized carbons (Fsp3) is 0.353. The maximum atomic E-state index is 11.9. The third-order valence-electron chi connectivity index (χ3n) is 3.36. The van der Waals surface area contributed by atoms with Gasteiger partial charge in [-0.15, -0.1) is 0 Å². The molecule has 0 aliphatic rings. The van der Waals surface area contributed by atoms with Crippen LogP contribution < -0.4 is 10.6 Å². The van der Waals surface area contributed by atoms with Crippen molar-refractivity contribution in [3.8, 4) is 0 Å². The number of rotatable bonds is 5. The quantitative estimate of drug-likeness (QED) is 0.789. The normalized spacial score (nSPS) is 13.7. The number of nitrogens with one attached hydrogen (secondary N) is 2. The Balaban J connectivity index is 1.89. The van der Waals surface area contributed by atoms with Gasteiger partial charge in [0, 0.05) is 12.2 Å². The molecule has 2 rings (SSSR count). The van der Waals surface area contributed by atoms with E-state index < -0.39 is 0 Å². The first-order valence-electron chi connectivity index (χ1n) is 7.26. The molecule has 0 spiro atoms. The zero-order valence-corrected chi connectivity index (χ0v) is 12.5. The molecule has 2 aromatic rings. The van der Waals surface area contributed by atoms with E-state index in [1.165, 1.54) is 0 Å². The highest BCUT2D eigenvalue weighted by Gasteiger charge is 2.08. The Morgan fingerprint density at radius 2 is 1.86 bits per heavy atom. The largest absolute Gasteiger partial charge is 0.393 e. The second-order valence-corrected chi connectivity index (χ2v) is 5.59. The molecule has 112 valence electrons. The van der Waals surface area contributed by atoms with E-state index in [9.17, 15) is 9.90 Å². The number of aliphatic hydroxyl groups is 1. The third kappa shape index (κ3) is 4.76. The highest BCUT2D eigenvalue weighted by atomic mass is 16.3. The molecular formula is C17H22N2O2. The van der Waals surface area contributed by atoms with Crippen LogP contribution in [0.25, 0.3) is 10.8 Å². The van der Waals surface area contributed by atoms with Crippen molar-refractivity contribution < 1.29 is 9.90 Å². The molecule has 4 nitrogen and oxygen atoms in total. The van der Waals surface area contributed by atoms with E-state index in [1.54, 1.807) is 6.92 Å². The summed E-state index contributed by atoms with van der Waals surface area (Å²) < 4.78 is 0. The average Bonchev–Trinajstić information content (AvgIpc) is 2.44. The van der Waals surface area contributed by atoms with Crippen LogP contribution in [0, 0.1) is 5.92 Å². The molecule has 2 atom stereocenters. The maximum Gasteiger partial charge on any atom is 0.319 e. The van der Waals surface area contributed by atoms with Gasteiger partial charge in [0.05, 0.1) is 6.10 Å². The summed E-state index contributed by atoms with van der Waals surface area (Å²) in [6.07, 6.45) is 0.335. The van der Waals surface area contributed by atoms with Gasteiger partial charge in [0.25, 0.3) is 0 Å². The smallest absolute Gasteiger partial charge is 0.319 e. The zero-order valence-electron chi connectivity index (χ0n) is 12.5. The van der Waals surface area contributed by atoms with Crippen LogP contribution in [0.15, 0.2) is 42.5 Å². The number of hydrogen-bond donors (Lipinski definition) is 3. The Bertz CT molecular complexity index is 611. The maximum absolute atomic E-state index is 11.9. The molecule has 2 amide bonds. The van der Waals surface area contributed by atoms with Crippen molar-refractivity contribution in [1.82, 2.24) is 5.32 Å². The molecule has 0 aromatic heterocycles. The topological polar surface area (TPSA) is 61.4 Å². The van der Waals surface area contributed by atoms with Gasteiger partial charge in [-0.2, -0.15) is 0 Å². The van der Waals surface area contributed by atoms with Crippen LogP contribution in [0.3, 0.4) is 0 Å². The summed E-state index contributed by atoms with van der Waals surface area (Å²) in [5.74, 6) is 0.243. The number of carbonyl (C=O) groups excluding carboxylic acids is 1. The Morgan fingerprint density at radius 1 is 1.14 bits per heavy atom. The lowest BCUT2D eigenvalue weighted by Gasteiger charge is -2.14. The fourth-order valence-corrected chi connectivity index (χ4v) is 2.37. The van der Waals surface area contributed by atoms with Crippen molar-refractivity contribution in [2.24, 2.45) is 5.92 Å². The molecule has 2 unspecified atom stereocenters. The first kappa shape index (κ1) is 15.3. The van der Waals surface area contributed by atoms with Crippen molar-refractivity contribution >= 4 is 22.5 Å². The first-order chi connectivity index (χ1) is 10.0. The van der Waals surface area contributed by atoms with Gasteiger partial charge in [-0.25, -0.2) is 4.79 Å². The van der Waals surface area contributed by atoms with Gasteiger partial charge < -0.3 is 15.7 Å². The first-order valence-corrected chi connectivity index (χ1v) is 7.26. The number of anilines is 1. The second-order valence-electron chi connectivity index (χ2n) is 5.59. The summed E-state index contributed by atoms with van der Waals surface area (Å²) in [4.78, 5) is 11.9. The second kappa shape index (κ2) is 7.09. The van der Waals surface area contributed by atoms with E-state index in [1.807, 2.05) is 49.4 Å². The monoisotopic (exact) mass is 286 g/mol. The lowest BCUT2D eigenvalue weighted by molar-refractivity contribution is 0.163. The molecule has 3 N–H and O–H groups in total. The average molecular weight is 286 g/mol. The molecule has 0 bridgehead atoms. The summed E-state index contributed by atoms with van der Waals surface area (Å²) >= 11 is 0. The zero-order chi connectivity index (χ0) is 15.2. The van der Waals surface area contributed by atoms with Crippen LogP contribution in [0.4, 0.5) is 10.5 Å². The minimum Gasteiger partial charge on any atom is -0.393 e. The minimum absolute atomic E-state index is 0.220. The predicted molar refractivity (Wildman–Crippen MR) is 86.4 cm³/mol. The van der Waals surface area contributed by atoms with Crippen LogP contribution in [0.5, 0.6) is 0 Å². The summed E-state index contributed by atoms with van der Waals surface area (Å²) in [7, 11) is 0. The van der Waals surface area contributed by atoms with Gasteiger partial charge >= 0.3 is 6.03 Å². The van der Waals surface area contributed by atoms with Gasteiger partial charge in [-0.05, 0) is 42.2 Å². The molecule has 0 aliphatic heterocycles. The van der Waals surface area contributed by atoms with Gasteiger partial charge in [0.1, 0.15) is 0 Å². The molecule has 2 aromatic carbocycles. The summed E-state index contributed by atoms with van der Waals surface area (Å²) in [5.41, 5.74) is 0.773. The van der Waals surface area contributed by atoms with E-state index in [-0.39, 0.29) is 18.1 Å². The lowest BCUT2D eigenvalue weighted by Crippen LogP contribution is -2.33. The van der Waals surface area contributed by atoms with Crippen LogP contribution in [-0.2, 0) is 0 Å². The lowest BCUT2D eigenvalue weighted by atomic mass is 10.1. The Labute approximate surface area is 125 Å². The third-order valence-corrected chi connectivity index (χ3v) is 3.36. The Hall–Kier alpha value is -2.07. The molecule has 0 saturated heterocycles. The molecule has 0 radical (unpaired) electrons. The summed E-state index contributed by atoms with van der Waals surface area (Å²) in [6.45, 7) is 4.30. The molecule has 0 aliphatic carbocycles. The Morgan fingerprint density at radius 3 is 2.57 bits per heavy atom. The van der Waals surface area contributed by atoms with E-state index >= 15 is 0 Å². The van der Waals surface area contributed by atoms with Crippen molar-refractivity contribution in [2.45, 2.75) is 26.4 Å². The SMILES string of the molecule is CC(O)CC(C)CNC(=O)Nc1ccc2ccccc2c1. The van der Waals surface area contributed by atoms with Crippen LogP contribution in [-0.4, -0.2) is 23.8 Å². The molecule has 0 saturated carbocycles. The molecular weight excluding hydrogens is 264 g/mol. The van der Waals surface area contributed by atoms with Crippen LogP contribution in [0.1, 0.15) is 20.3 Å². The van der Waals surface area contributed by atoms with E-state index in [0.717, 1.165) is 16.5 Å². The predicted octanol–water partition coefficient (Wildman–Crippen LogP) is 3.37. The van der Waals surface area contributed by atoms with Crippen molar-refractivity contribution in [3.63, 3.8) is 0 Å². The van der Waals surface area contributed by atoms with Gasteiger partial charge in [-0.1, -0.05) is 37.3 Å². The number of amides is 2. The van der Waals surface area contributed by atoms with Crippen molar-refractivity contribution in [1.29, 1.82) is 0 Å². The fourth-order valence-electron chi connectivity index (χ4n) is 2.37. The van der Waals surface area contributed by atoms with Gasteiger partial charge in [0.15, 0.2) is 0 Å². The standard InChI is InChI=1S/C17H22N2O2/c1-12(9-13(2)20)11-18-17(21)19-16-8-7-14-5-3-4-6-15(14)10-16/h3-8,10,12-13,20H,9,11H2,1-2H3,(H2,18,19,21). The number of aliphatic hydroxyl groups excluding tert-OH is 1. The molecule has 21 heavy (non-hydrogen) atoms. The molecule has 0 fully saturated rings. The molecule has 0 heterocycles. The Kier molecular flexibility index (Phi) is 5.17. The minimum atomic E-state index is -0.342. The molecule has 4 heteroatoms. The number of benzene rings is 2. The van der Waals surface area contributed by atoms with Crippen LogP contribution >= 0.6 is 0 Å². The van der Waals surface area contributed by atoms with Crippen LogP contribution in [0.2, 0.25) is 0 Å². The van der Waals surface area contributed by atoms with E-state index in [2.05, 4.69) is 10.6 Å². The van der Waals surface area contributed by atoms with Crippen molar-refractivity contribution in [3.05, 3.63) is 42.5 Å². The number of carbonyl (C=O) groups is 1. The number of urea groups is 1.